The van der Waals surface area contributed by atoms with Crippen LogP contribution in [0.15, 0.2) is 54.7 Å². The molecule has 2 N–H and O–H groups in total. The van der Waals surface area contributed by atoms with Gasteiger partial charge in [0.25, 0.3) is 0 Å². The number of hydrogen-bond donors (Lipinski definition) is 1. The molecule has 1 atom stereocenters. The molecule has 2 aromatic carbocycles. The molecule has 0 fully saturated rings. The third-order valence-corrected chi connectivity index (χ3v) is 3.89. The molecule has 0 spiro atoms. The minimum Gasteiger partial charge on any atom is -0.324 e. The first kappa shape index (κ1) is 14.0. The first-order valence-corrected chi connectivity index (χ1v) is 7.06. The predicted molar refractivity (Wildman–Crippen MR) is 83.8 cm³/mol. The lowest BCUT2D eigenvalue weighted by molar-refractivity contribution is 0.626. The fourth-order valence-corrected chi connectivity index (χ4v) is 2.73. The van der Waals surface area contributed by atoms with Gasteiger partial charge in [0, 0.05) is 22.6 Å². The molecule has 3 rings (SSSR count). The average molecular weight is 301 g/mol. The van der Waals surface area contributed by atoms with Crippen molar-refractivity contribution in [3.63, 3.8) is 0 Å². The summed E-state index contributed by atoms with van der Waals surface area (Å²) in [6.45, 7) is 0. The zero-order valence-electron chi connectivity index (χ0n) is 11.3. The first-order valence-electron chi connectivity index (χ1n) is 6.68. The van der Waals surface area contributed by atoms with Crippen LogP contribution in [0.4, 0.5) is 4.39 Å². The van der Waals surface area contributed by atoms with Gasteiger partial charge >= 0.3 is 0 Å². The maximum Gasteiger partial charge on any atom is 0.124 e. The Bertz CT molecular complexity index is 783. The molecule has 0 aliphatic rings. The number of aromatic nitrogens is 1. The van der Waals surface area contributed by atoms with Gasteiger partial charge in [0.2, 0.25) is 0 Å². The van der Waals surface area contributed by atoms with Gasteiger partial charge in [-0.1, -0.05) is 35.9 Å². The van der Waals surface area contributed by atoms with Crippen LogP contribution < -0.4 is 5.73 Å². The second-order valence-electron chi connectivity index (χ2n) is 4.96. The Labute approximate surface area is 127 Å². The van der Waals surface area contributed by atoms with Gasteiger partial charge in [0.15, 0.2) is 0 Å². The number of hydrogen-bond acceptors (Lipinski definition) is 2. The molecule has 0 radical (unpaired) electrons. The van der Waals surface area contributed by atoms with Crippen LogP contribution in [0.3, 0.4) is 0 Å². The number of nitrogens with two attached hydrogens (primary N) is 1. The van der Waals surface area contributed by atoms with Gasteiger partial charge < -0.3 is 5.73 Å². The smallest absolute Gasteiger partial charge is 0.124 e. The second kappa shape index (κ2) is 5.80. The Kier molecular flexibility index (Phi) is 3.86. The lowest BCUT2D eigenvalue weighted by Gasteiger charge is -2.15. The SMILES string of the molecule is NC(Cc1ccc(F)cc1Cl)c1cccc2ncccc12. The molecule has 1 aromatic heterocycles. The average Bonchev–Trinajstić information content (AvgIpc) is 2.49. The van der Waals surface area contributed by atoms with E-state index in [0.717, 1.165) is 22.0 Å². The van der Waals surface area contributed by atoms with E-state index in [1.807, 2.05) is 30.3 Å². The van der Waals surface area contributed by atoms with Crippen LogP contribution in [-0.2, 0) is 6.42 Å². The third kappa shape index (κ3) is 2.89. The number of fused-ring (bicyclic) bond motifs is 1. The van der Waals surface area contributed by atoms with Gasteiger partial charge in [-0.25, -0.2) is 4.39 Å². The van der Waals surface area contributed by atoms with E-state index in [9.17, 15) is 4.39 Å². The van der Waals surface area contributed by atoms with Crippen molar-refractivity contribution in [2.24, 2.45) is 5.73 Å². The van der Waals surface area contributed by atoms with Crippen LogP contribution in [0, 0.1) is 5.82 Å². The van der Waals surface area contributed by atoms with E-state index < -0.39 is 0 Å². The summed E-state index contributed by atoms with van der Waals surface area (Å²) < 4.78 is 13.1. The van der Waals surface area contributed by atoms with E-state index in [2.05, 4.69) is 4.98 Å². The van der Waals surface area contributed by atoms with E-state index in [4.69, 9.17) is 17.3 Å². The molecule has 2 nitrogen and oxygen atoms in total. The molecule has 0 aliphatic heterocycles. The number of pyridine rings is 1. The summed E-state index contributed by atoms with van der Waals surface area (Å²) in [4.78, 5) is 4.33. The monoisotopic (exact) mass is 300 g/mol. The topological polar surface area (TPSA) is 38.9 Å². The van der Waals surface area contributed by atoms with E-state index >= 15 is 0 Å². The summed E-state index contributed by atoms with van der Waals surface area (Å²) in [5.41, 5.74) is 9.09. The van der Waals surface area contributed by atoms with Crippen LogP contribution in [0.2, 0.25) is 5.02 Å². The molecule has 0 aliphatic carbocycles. The normalized spacial score (nSPS) is 12.5. The Morgan fingerprint density at radius 2 is 2.00 bits per heavy atom. The summed E-state index contributed by atoms with van der Waals surface area (Å²) in [7, 11) is 0. The minimum atomic E-state index is -0.341. The highest BCUT2D eigenvalue weighted by atomic mass is 35.5. The van der Waals surface area contributed by atoms with Crippen LogP contribution in [0.25, 0.3) is 10.9 Å². The molecule has 0 amide bonds. The maximum atomic E-state index is 13.1. The summed E-state index contributed by atoms with van der Waals surface area (Å²) >= 11 is 6.07. The molecule has 106 valence electrons. The largest absolute Gasteiger partial charge is 0.324 e. The van der Waals surface area contributed by atoms with Crippen LogP contribution in [-0.4, -0.2) is 4.98 Å². The third-order valence-electron chi connectivity index (χ3n) is 3.53. The zero-order valence-corrected chi connectivity index (χ0v) is 12.0. The molecule has 0 saturated heterocycles. The van der Waals surface area contributed by atoms with Crippen LogP contribution in [0.1, 0.15) is 17.2 Å². The summed E-state index contributed by atoms with van der Waals surface area (Å²) in [5, 5.41) is 1.44. The highest BCUT2D eigenvalue weighted by Gasteiger charge is 2.13. The number of nitrogens with zero attached hydrogens (tertiary/aromatic N) is 1. The fourth-order valence-electron chi connectivity index (χ4n) is 2.48. The predicted octanol–water partition coefficient (Wildman–Crippen LogP) is 4.27. The van der Waals surface area contributed by atoms with Crippen molar-refractivity contribution in [2.75, 3.05) is 0 Å². The standard InChI is InChI=1S/C17H14ClFN2/c18-15-10-12(19)7-6-11(15)9-16(20)13-3-1-5-17-14(13)4-2-8-21-17/h1-8,10,16H,9,20H2. The molecular formula is C17H14ClFN2. The Morgan fingerprint density at radius 3 is 2.81 bits per heavy atom. The Balaban J connectivity index is 1.95. The minimum absolute atomic E-state index is 0.221. The molecule has 4 heteroatoms. The molecule has 1 unspecified atom stereocenters. The van der Waals surface area contributed by atoms with Crippen molar-refractivity contribution in [1.82, 2.24) is 4.98 Å². The van der Waals surface area contributed by atoms with Crippen molar-refractivity contribution < 1.29 is 4.39 Å². The highest BCUT2D eigenvalue weighted by molar-refractivity contribution is 6.31. The van der Waals surface area contributed by atoms with Gasteiger partial charge in [-0.15, -0.1) is 0 Å². The second-order valence-corrected chi connectivity index (χ2v) is 5.37. The highest BCUT2D eigenvalue weighted by Crippen LogP contribution is 2.27. The zero-order chi connectivity index (χ0) is 14.8. The van der Waals surface area contributed by atoms with Gasteiger partial charge in [0.05, 0.1) is 5.52 Å². The molecular weight excluding hydrogens is 287 g/mol. The summed E-state index contributed by atoms with van der Waals surface area (Å²) in [6.07, 6.45) is 2.31. The van der Waals surface area contributed by atoms with Crippen molar-refractivity contribution in [1.29, 1.82) is 0 Å². The van der Waals surface area contributed by atoms with Crippen molar-refractivity contribution in [2.45, 2.75) is 12.5 Å². The summed E-state index contributed by atoms with van der Waals surface area (Å²) in [5.74, 6) is -0.341. The lowest BCUT2D eigenvalue weighted by Crippen LogP contribution is -2.14. The van der Waals surface area contributed by atoms with Crippen molar-refractivity contribution in [3.05, 3.63) is 76.7 Å². The quantitative estimate of drug-likeness (QED) is 0.784. The van der Waals surface area contributed by atoms with Gasteiger partial charge in [-0.3, -0.25) is 4.98 Å². The van der Waals surface area contributed by atoms with E-state index in [-0.39, 0.29) is 11.9 Å². The fraction of sp³-hybridized carbons (Fsp3) is 0.118. The van der Waals surface area contributed by atoms with Crippen LogP contribution in [0.5, 0.6) is 0 Å². The molecule has 21 heavy (non-hydrogen) atoms. The summed E-state index contributed by atoms with van der Waals surface area (Å²) in [6, 6.07) is 14.0. The lowest BCUT2D eigenvalue weighted by atomic mass is 9.96. The molecule has 3 aromatic rings. The Morgan fingerprint density at radius 1 is 1.14 bits per heavy atom. The van der Waals surface area contributed by atoms with Gasteiger partial charge in [-0.05, 0) is 41.8 Å². The van der Waals surface area contributed by atoms with Crippen molar-refractivity contribution in [3.8, 4) is 0 Å². The van der Waals surface area contributed by atoms with Gasteiger partial charge in [-0.2, -0.15) is 0 Å². The van der Waals surface area contributed by atoms with E-state index in [1.54, 1.807) is 12.3 Å². The number of halogens is 2. The first-order chi connectivity index (χ1) is 10.1. The van der Waals surface area contributed by atoms with E-state index in [0.29, 0.717) is 11.4 Å². The van der Waals surface area contributed by atoms with Crippen molar-refractivity contribution >= 4 is 22.5 Å². The van der Waals surface area contributed by atoms with Crippen LogP contribution >= 0.6 is 11.6 Å². The Hall–Kier alpha value is -1.97. The van der Waals surface area contributed by atoms with Gasteiger partial charge in [0.1, 0.15) is 5.82 Å². The number of rotatable bonds is 3. The molecule has 0 bridgehead atoms. The number of benzene rings is 2. The molecule has 1 heterocycles. The maximum absolute atomic E-state index is 13.1. The molecule has 0 saturated carbocycles. The van der Waals surface area contributed by atoms with E-state index in [1.165, 1.54) is 12.1 Å².